The zero-order valence-electron chi connectivity index (χ0n) is 23.9. The summed E-state index contributed by atoms with van der Waals surface area (Å²) in [6, 6.07) is 12.8. The Kier molecular flexibility index (Phi) is 14.0. The van der Waals surface area contributed by atoms with Crippen molar-refractivity contribution in [2.75, 3.05) is 31.7 Å². The van der Waals surface area contributed by atoms with Crippen LogP contribution in [-0.4, -0.2) is 58.9 Å². The zero-order valence-corrected chi connectivity index (χ0v) is 25.5. The van der Waals surface area contributed by atoms with Gasteiger partial charge in [-0.25, -0.2) is 14.7 Å². The summed E-state index contributed by atoms with van der Waals surface area (Å²) in [5.41, 5.74) is 7.78. The van der Waals surface area contributed by atoms with Gasteiger partial charge in [0.2, 0.25) is 0 Å². The Labute approximate surface area is 252 Å². The number of fused-ring (bicyclic) bond motifs is 1. The highest BCUT2D eigenvalue weighted by atomic mass is 35.5. The topological polar surface area (TPSA) is 157 Å². The molecule has 1 amide bonds. The minimum Gasteiger partial charge on any atom is -0.465 e. The van der Waals surface area contributed by atoms with Crippen molar-refractivity contribution < 1.29 is 24.0 Å². The fourth-order valence-electron chi connectivity index (χ4n) is 4.00. The van der Waals surface area contributed by atoms with E-state index in [1.165, 1.54) is 0 Å². The molecule has 3 aromatic rings. The van der Waals surface area contributed by atoms with E-state index in [1.54, 1.807) is 39.8 Å². The number of amidine groups is 1. The van der Waals surface area contributed by atoms with Crippen LogP contribution < -0.4 is 16.4 Å². The first kappa shape index (κ1) is 35.6. The molecule has 0 aliphatic heterocycles. The second kappa shape index (κ2) is 16.1. The van der Waals surface area contributed by atoms with Crippen LogP contribution in [0.3, 0.4) is 0 Å². The first-order chi connectivity index (χ1) is 18.6. The smallest absolute Gasteiger partial charge is 0.319 e. The number of ether oxygens (including phenoxy) is 1. The molecule has 1 unspecified atom stereocenters. The molecule has 0 saturated carbocycles. The number of aromatic nitrogens is 2. The summed E-state index contributed by atoms with van der Waals surface area (Å²) < 4.78 is 7.02. The fraction of sp³-hybridized carbons (Fsp3) is 0.407. The van der Waals surface area contributed by atoms with Crippen LogP contribution in [0.25, 0.3) is 11.0 Å². The van der Waals surface area contributed by atoms with Crippen LogP contribution in [0.2, 0.25) is 0 Å². The molecule has 0 spiro atoms. The molecular weight excluding hydrogens is 573 g/mol. The molecule has 0 aliphatic rings. The molecule has 2 aromatic carbocycles. The Balaban J connectivity index is 0.00000420. The SMILES string of the molecule is CCOC(=O)CNC(C)(C(=O)N(OCC)OCC)c1ccc2c(c1)nc(CNc1ccc(C(=N)N)cc1)n2C.Cl.Cl. The first-order valence-electron chi connectivity index (χ1n) is 12.8. The highest BCUT2D eigenvalue weighted by Gasteiger charge is 2.41. The Hall–Kier alpha value is -3.42. The molecule has 0 aliphatic carbocycles. The molecule has 5 N–H and O–H groups in total. The number of nitrogens with zero attached hydrogens (tertiary/aromatic N) is 3. The van der Waals surface area contributed by atoms with Gasteiger partial charge >= 0.3 is 5.97 Å². The van der Waals surface area contributed by atoms with Gasteiger partial charge in [-0.1, -0.05) is 11.3 Å². The third-order valence-corrected chi connectivity index (χ3v) is 6.18. The number of amides is 1. The van der Waals surface area contributed by atoms with Crippen molar-refractivity contribution in [3.05, 3.63) is 59.4 Å². The third-order valence-electron chi connectivity index (χ3n) is 6.18. The zero-order chi connectivity index (χ0) is 28.6. The van der Waals surface area contributed by atoms with Gasteiger partial charge in [0.25, 0.3) is 5.91 Å². The Morgan fingerprint density at radius 3 is 2.24 bits per heavy atom. The molecule has 0 fully saturated rings. The van der Waals surface area contributed by atoms with Crippen molar-refractivity contribution in [2.45, 2.75) is 39.8 Å². The second-order valence-corrected chi connectivity index (χ2v) is 8.82. The Morgan fingerprint density at radius 1 is 1.05 bits per heavy atom. The number of hydrogen-bond donors (Lipinski definition) is 4. The highest BCUT2D eigenvalue weighted by molar-refractivity contribution is 5.95. The summed E-state index contributed by atoms with van der Waals surface area (Å²) in [5, 5.41) is 14.8. The summed E-state index contributed by atoms with van der Waals surface area (Å²) in [7, 11) is 1.92. The van der Waals surface area contributed by atoms with Crippen molar-refractivity contribution in [3.8, 4) is 0 Å². The number of hydrogen-bond acceptors (Lipinski definition) is 9. The molecule has 0 radical (unpaired) electrons. The lowest BCUT2D eigenvalue weighted by atomic mass is 9.90. The van der Waals surface area contributed by atoms with Gasteiger partial charge in [-0.2, -0.15) is 0 Å². The van der Waals surface area contributed by atoms with Crippen molar-refractivity contribution in [3.63, 3.8) is 0 Å². The number of esters is 1. The van der Waals surface area contributed by atoms with Crippen molar-refractivity contribution in [2.24, 2.45) is 12.8 Å². The lowest BCUT2D eigenvalue weighted by Gasteiger charge is -2.33. The number of nitrogens with one attached hydrogen (secondary N) is 3. The van der Waals surface area contributed by atoms with Crippen LogP contribution in [-0.2, 0) is 43.1 Å². The maximum Gasteiger partial charge on any atom is 0.319 e. The number of nitrogen functional groups attached to an aromatic ring is 1. The van der Waals surface area contributed by atoms with Gasteiger partial charge in [0.05, 0.1) is 43.9 Å². The largest absolute Gasteiger partial charge is 0.465 e. The van der Waals surface area contributed by atoms with Crippen molar-refractivity contribution >= 4 is 59.2 Å². The number of anilines is 1. The summed E-state index contributed by atoms with van der Waals surface area (Å²) in [6.07, 6.45) is 0. The summed E-state index contributed by atoms with van der Waals surface area (Å²) in [4.78, 5) is 41.5. The van der Waals surface area contributed by atoms with Crippen molar-refractivity contribution in [1.29, 1.82) is 5.41 Å². The van der Waals surface area contributed by atoms with Gasteiger partial charge in [-0.05, 0) is 69.7 Å². The minimum atomic E-state index is -1.39. The number of benzene rings is 2. The Bertz CT molecular complexity index is 1310. The van der Waals surface area contributed by atoms with E-state index in [9.17, 15) is 9.59 Å². The molecule has 3 rings (SSSR count). The second-order valence-electron chi connectivity index (χ2n) is 8.82. The molecule has 12 nitrogen and oxygen atoms in total. The van der Waals surface area contributed by atoms with E-state index in [4.69, 9.17) is 30.5 Å². The Morgan fingerprint density at radius 2 is 1.68 bits per heavy atom. The molecule has 41 heavy (non-hydrogen) atoms. The normalized spacial score (nSPS) is 12.0. The van der Waals surface area contributed by atoms with Crippen LogP contribution in [0.15, 0.2) is 42.5 Å². The molecule has 226 valence electrons. The molecular formula is C27H39Cl2N7O5. The maximum absolute atomic E-state index is 13.7. The van der Waals surface area contributed by atoms with E-state index >= 15 is 0 Å². The standard InChI is InChI=1S/C27H37N7O5.2ClH/c1-6-37-24(35)17-31-27(4,26(36)34(38-7-2)39-8-3)19-11-14-22-21(15-19)32-23(33(22)5)16-30-20-12-9-18(10-13-20)25(28)29;;/h9-15,30-31H,6-8,16-17H2,1-5H3,(H3,28,29);2*1H. The van der Waals surface area contributed by atoms with Gasteiger partial charge in [-0.3, -0.25) is 20.3 Å². The van der Waals surface area contributed by atoms with Gasteiger partial charge in [-0.15, -0.1) is 24.8 Å². The number of hydroxylamine groups is 2. The van der Waals surface area contributed by atoms with Crippen LogP contribution in [0, 0.1) is 5.41 Å². The molecule has 14 heteroatoms. The monoisotopic (exact) mass is 611 g/mol. The number of rotatable bonds is 14. The van der Waals surface area contributed by atoms with Gasteiger partial charge in [0.15, 0.2) is 0 Å². The number of carbonyl (C=O) groups is 2. The third kappa shape index (κ3) is 8.54. The lowest BCUT2D eigenvalue weighted by molar-refractivity contribution is -0.342. The highest BCUT2D eigenvalue weighted by Crippen LogP contribution is 2.28. The van der Waals surface area contributed by atoms with E-state index in [0.29, 0.717) is 23.2 Å². The van der Waals surface area contributed by atoms with E-state index in [-0.39, 0.29) is 57.0 Å². The van der Waals surface area contributed by atoms with E-state index < -0.39 is 17.4 Å². The molecule has 0 bridgehead atoms. The molecule has 0 saturated heterocycles. The number of halogens is 2. The first-order valence-corrected chi connectivity index (χ1v) is 12.8. The van der Waals surface area contributed by atoms with Gasteiger partial charge < -0.3 is 20.4 Å². The van der Waals surface area contributed by atoms with E-state index in [0.717, 1.165) is 22.3 Å². The van der Waals surface area contributed by atoms with Crippen LogP contribution in [0.5, 0.6) is 0 Å². The van der Waals surface area contributed by atoms with Crippen LogP contribution >= 0.6 is 24.8 Å². The average Bonchev–Trinajstić information content (AvgIpc) is 3.25. The summed E-state index contributed by atoms with van der Waals surface area (Å²) >= 11 is 0. The van der Waals surface area contributed by atoms with Crippen LogP contribution in [0.4, 0.5) is 5.69 Å². The number of aryl methyl sites for hydroxylation is 1. The predicted molar refractivity (Wildman–Crippen MR) is 162 cm³/mol. The van der Waals surface area contributed by atoms with Crippen molar-refractivity contribution in [1.82, 2.24) is 20.1 Å². The molecule has 1 heterocycles. The number of carbonyl (C=O) groups excluding carboxylic acids is 2. The molecule has 1 aromatic heterocycles. The fourth-order valence-corrected chi connectivity index (χ4v) is 4.00. The minimum absolute atomic E-state index is 0. The van der Waals surface area contributed by atoms with E-state index in [2.05, 4.69) is 10.6 Å². The predicted octanol–water partition coefficient (Wildman–Crippen LogP) is 3.41. The summed E-state index contributed by atoms with van der Waals surface area (Å²) in [6.45, 7) is 7.78. The lowest BCUT2D eigenvalue weighted by Crippen LogP contribution is -2.55. The van der Waals surface area contributed by atoms with Gasteiger partial charge in [0, 0.05) is 18.3 Å². The van der Waals surface area contributed by atoms with E-state index in [1.807, 2.05) is 41.9 Å². The number of imidazole rings is 1. The maximum atomic E-state index is 13.7. The quantitative estimate of drug-likeness (QED) is 0.0927. The molecule has 1 atom stereocenters. The van der Waals surface area contributed by atoms with Gasteiger partial charge in [0.1, 0.15) is 17.2 Å². The summed E-state index contributed by atoms with van der Waals surface area (Å²) in [5.74, 6) is -0.225. The van der Waals surface area contributed by atoms with Crippen LogP contribution in [0.1, 0.15) is 44.6 Å². The average molecular weight is 613 g/mol. The number of nitrogens with two attached hydrogens (primary N) is 1.